The van der Waals surface area contributed by atoms with E-state index < -0.39 is 34.8 Å². The van der Waals surface area contributed by atoms with Crippen molar-refractivity contribution in [2.24, 2.45) is 10.5 Å². The van der Waals surface area contributed by atoms with Crippen molar-refractivity contribution in [1.29, 1.82) is 0 Å². The van der Waals surface area contributed by atoms with E-state index in [1.54, 1.807) is 80.6 Å². The third kappa shape index (κ3) is 3.90. The molecule has 1 heterocycles. The lowest BCUT2D eigenvalue weighted by atomic mass is 9.49. The topological polar surface area (TPSA) is 96.0 Å². The molecule has 3 aromatic rings. The fraction of sp³-hybridized carbons (Fsp3) is 0.286. The first-order valence-electron chi connectivity index (χ1n) is 11.9. The molecule has 1 N–H and O–H groups in total. The van der Waals surface area contributed by atoms with E-state index in [0.29, 0.717) is 32.0 Å². The molecule has 2 aliphatic rings. The van der Waals surface area contributed by atoms with E-state index >= 15 is 0 Å². The predicted molar refractivity (Wildman–Crippen MR) is 147 cm³/mol. The molecule has 1 fully saturated rings. The molecule has 0 aromatic heterocycles. The minimum atomic E-state index is -1.67. The Morgan fingerprint density at radius 3 is 2.32 bits per heavy atom. The van der Waals surface area contributed by atoms with Gasteiger partial charge in [0.2, 0.25) is 6.04 Å². The Bertz CT molecular complexity index is 1400. The number of benzene rings is 3. The third-order valence-corrected chi connectivity index (χ3v) is 8.79. The number of hydrogen-bond acceptors (Lipinski definition) is 5. The summed E-state index contributed by atoms with van der Waals surface area (Å²) in [5, 5.41) is 31.6. The third-order valence-electron chi connectivity index (χ3n) is 7.82. The molecule has 1 aliphatic heterocycles. The summed E-state index contributed by atoms with van der Waals surface area (Å²) in [4.78, 5) is 27.1. The van der Waals surface area contributed by atoms with Crippen molar-refractivity contribution in [3.8, 4) is 0 Å². The maximum atomic E-state index is 14.5. The van der Waals surface area contributed by atoms with Crippen LogP contribution in [-0.2, 0) is 4.79 Å². The van der Waals surface area contributed by atoms with Gasteiger partial charge in [0.1, 0.15) is 5.41 Å². The van der Waals surface area contributed by atoms with Crippen LogP contribution in [0.2, 0.25) is 5.02 Å². The van der Waals surface area contributed by atoms with Crippen molar-refractivity contribution < 1.29 is 14.8 Å². The second-order valence-electron chi connectivity index (χ2n) is 9.86. The predicted octanol–water partition coefficient (Wildman–Crippen LogP) is 6.18. The van der Waals surface area contributed by atoms with E-state index in [-0.39, 0.29) is 11.3 Å². The molecule has 7 nitrogen and oxygen atoms in total. The summed E-state index contributed by atoms with van der Waals surface area (Å²) in [6.45, 7) is 3.28. The molecule has 37 heavy (non-hydrogen) atoms. The number of para-hydroxylation sites is 1. The number of halogens is 2. The monoisotopic (exact) mass is 581 g/mol. The quantitative estimate of drug-likeness (QED) is 0.294. The van der Waals surface area contributed by atoms with E-state index in [1.807, 2.05) is 12.1 Å². The number of hydrogen-bond donors (Lipinski definition) is 1. The number of hydrazone groups is 1. The molecule has 0 bridgehead atoms. The first kappa shape index (κ1) is 25.6. The van der Waals surface area contributed by atoms with Gasteiger partial charge >= 0.3 is 0 Å². The van der Waals surface area contributed by atoms with E-state index in [1.165, 1.54) is 5.01 Å². The van der Waals surface area contributed by atoms with Crippen LogP contribution in [0.1, 0.15) is 43.2 Å². The lowest BCUT2D eigenvalue weighted by Gasteiger charge is -2.53. The Morgan fingerprint density at radius 2 is 1.70 bits per heavy atom. The van der Waals surface area contributed by atoms with Crippen molar-refractivity contribution >= 4 is 44.8 Å². The van der Waals surface area contributed by atoms with Crippen LogP contribution in [0.4, 0.5) is 5.69 Å². The van der Waals surface area contributed by atoms with Crippen molar-refractivity contribution in [2.45, 2.75) is 43.7 Å². The van der Waals surface area contributed by atoms with Crippen LogP contribution in [0.15, 0.2) is 88.4 Å². The normalized spacial score (nSPS) is 29.4. The molecule has 0 radical (unpaired) electrons. The minimum Gasteiger partial charge on any atom is -0.389 e. The van der Waals surface area contributed by atoms with Gasteiger partial charge in [-0.1, -0.05) is 76.1 Å². The first-order chi connectivity index (χ1) is 17.6. The highest BCUT2D eigenvalue weighted by Gasteiger charge is 2.73. The van der Waals surface area contributed by atoms with Crippen LogP contribution in [0.5, 0.6) is 0 Å². The molecule has 1 spiro atoms. The average molecular weight is 583 g/mol. The summed E-state index contributed by atoms with van der Waals surface area (Å²) in [6, 6.07) is 21.7. The van der Waals surface area contributed by atoms with E-state index in [0.717, 1.165) is 0 Å². The van der Waals surface area contributed by atoms with Gasteiger partial charge in [-0.3, -0.25) is 14.9 Å². The number of rotatable bonds is 4. The van der Waals surface area contributed by atoms with Gasteiger partial charge in [0.15, 0.2) is 0 Å². The van der Waals surface area contributed by atoms with Crippen LogP contribution in [-0.4, -0.2) is 33.3 Å². The SMILES string of the molecule is CC1=NN(c2ccccc2)C(=O)[C@@]12[C@H](c1ccccc1Br)[C@@H]([N+](=O)[O-])[C@H](c1ccc(Cl)cc1)C[C@@]2(C)O. The zero-order valence-electron chi connectivity index (χ0n) is 20.2. The lowest BCUT2D eigenvalue weighted by Crippen LogP contribution is -2.66. The molecule has 9 heteroatoms. The Kier molecular flexibility index (Phi) is 6.46. The largest absolute Gasteiger partial charge is 0.389 e. The van der Waals surface area contributed by atoms with Gasteiger partial charge < -0.3 is 5.11 Å². The highest BCUT2D eigenvalue weighted by atomic mass is 79.9. The summed E-state index contributed by atoms with van der Waals surface area (Å²) < 4.78 is 0.623. The van der Waals surface area contributed by atoms with E-state index in [4.69, 9.17) is 11.6 Å². The Balaban J connectivity index is 1.78. The van der Waals surface area contributed by atoms with Crippen molar-refractivity contribution in [3.63, 3.8) is 0 Å². The summed E-state index contributed by atoms with van der Waals surface area (Å²) in [7, 11) is 0. The first-order valence-corrected chi connectivity index (χ1v) is 13.1. The zero-order valence-corrected chi connectivity index (χ0v) is 22.6. The fourth-order valence-corrected chi connectivity index (χ4v) is 6.95. The average Bonchev–Trinajstić information content (AvgIpc) is 3.13. The summed E-state index contributed by atoms with van der Waals surface area (Å²) in [6.07, 6.45) is -0.0114. The number of carbonyl (C=O) groups excluding carboxylic acids is 1. The Hall–Kier alpha value is -3.07. The standard InChI is InChI=1S/C28H25BrClN3O4/c1-17-28(26(34)32(31-17)20-8-4-3-5-9-20)24(21-10-6-7-11-23(21)29)25(33(36)37)22(16-27(28,2)35)18-12-14-19(30)15-13-18/h3-15,22,24-25,35H,16H2,1-2H3/t22-,24+,25-,27+,28-/m0/s1. The summed E-state index contributed by atoms with van der Waals surface area (Å²) >= 11 is 9.68. The van der Waals surface area contributed by atoms with E-state index in [2.05, 4.69) is 21.0 Å². The molecule has 1 aliphatic carbocycles. The molecular weight excluding hydrogens is 558 g/mol. The van der Waals surface area contributed by atoms with Gasteiger partial charge in [0, 0.05) is 14.4 Å². The number of amides is 1. The fourth-order valence-electron chi connectivity index (χ4n) is 6.29. The van der Waals surface area contributed by atoms with Gasteiger partial charge in [-0.15, -0.1) is 0 Å². The summed E-state index contributed by atoms with van der Waals surface area (Å²) in [5.41, 5.74) is -1.22. The highest BCUT2D eigenvalue weighted by molar-refractivity contribution is 9.10. The maximum absolute atomic E-state index is 14.5. The van der Waals surface area contributed by atoms with Crippen LogP contribution in [0.3, 0.4) is 0 Å². The second-order valence-corrected chi connectivity index (χ2v) is 11.1. The van der Waals surface area contributed by atoms with Crippen LogP contribution in [0.25, 0.3) is 0 Å². The molecule has 3 aromatic carbocycles. The Labute approximate surface area is 228 Å². The molecule has 0 unspecified atom stereocenters. The number of nitro groups is 1. The lowest BCUT2D eigenvalue weighted by molar-refractivity contribution is -0.539. The molecular formula is C28H25BrClN3O4. The summed E-state index contributed by atoms with van der Waals surface area (Å²) in [5.74, 6) is -2.19. The number of carbonyl (C=O) groups is 1. The molecule has 5 rings (SSSR count). The molecule has 5 atom stereocenters. The van der Waals surface area contributed by atoms with Crippen LogP contribution in [0, 0.1) is 15.5 Å². The zero-order chi connectivity index (χ0) is 26.5. The van der Waals surface area contributed by atoms with Crippen molar-refractivity contribution in [3.05, 3.63) is 110 Å². The van der Waals surface area contributed by atoms with Crippen molar-refractivity contribution in [2.75, 3.05) is 5.01 Å². The Morgan fingerprint density at radius 1 is 1.08 bits per heavy atom. The van der Waals surface area contributed by atoms with Gasteiger partial charge in [-0.25, -0.2) is 0 Å². The van der Waals surface area contributed by atoms with Crippen LogP contribution < -0.4 is 5.01 Å². The van der Waals surface area contributed by atoms with Gasteiger partial charge in [-0.2, -0.15) is 10.1 Å². The number of anilines is 1. The highest BCUT2D eigenvalue weighted by Crippen LogP contribution is 2.61. The minimum absolute atomic E-state index is 0.0114. The van der Waals surface area contributed by atoms with Gasteiger partial charge in [0.05, 0.1) is 28.8 Å². The molecule has 0 saturated heterocycles. The smallest absolute Gasteiger partial charge is 0.263 e. The van der Waals surface area contributed by atoms with E-state index in [9.17, 15) is 20.0 Å². The van der Waals surface area contributed by atoms with Gasteiger partial charge in [-0.05, 0) is 61.7 Å². The molecule has 1 amide bonds. The second kappa shape index (κ2) is 9.35. The number of aliphatic hydroxyl groups is 1. The van der Waals surface area contributed by atoms with Gasteiger partial charge in [0.25, 0.3) is 5.91 Å². The van der Waals surface area contributed by atoms with Crippen molar-refractivity contribution in [1.82, 2.24) is 0 Å². The number of nitrogens with zero attached hydrogens (tertiary/aromatic N) is 3. The van der Waals surface area contributed by atoms with Crippen LogP contribution >= 0.6 is 27.5 Å². The molecule has 190 valence electrons. The molecule has 1 saturated carbocycles. The maximum Gasteiger partial charge on any atom is 0.263 e.